The highest BCUT2D eigenvalue weighted by Gasteiger charge is 2.34. The Morgan fingerprint density at radius 1 is 1.22 bits per heavy atom. The van der Waals surface area contributed by atoms with Gasteiger partial charge in [0.05, 0.1) is 5.56 Å². The van der Waals surface area contributed by atoms with Crippen LogP contribution in [-0.2, 0) is 0 Å². The van der Waals surface area contributed by atoms with Crippen LogP contribution in [0.5, 0.6) is 0 Å². The minimum Gasteiger partial charge on any atom is -0.349 e. The van der Waals surface area contributed by atoms with Crippen molar-refractivity contribution in [2.45, 2.75) is 43.8 Å². The van der Waals surface area contributed by atoms with Gasteiger partial charge in [0.1, 0.15) is 0 Å². The van der Waals surface area contributed by atoms with E-state index in [9.17, 15) is 4.79 Å². The maximum Gasteiger partial charge on any atom is 0.252 e. The van der Waals surface area contributed by atoms with E-state index >= 15 is 0 Å². The van der Waals surface area contributed by atoms with Gasteiger partial charge in [0.25, 0.3) is 5.91 Å². The summed E-state index contributed by atoms with van der Waals surface area (Å²) in [5.74, 6) is 0.0359. The van der Waals surface area contributed by atoms with Crippen LogP contribution in [0.4, 0.5) is 0 Å². The fourth-order valence-electron chi connectivity index (χ4n) is 3.08. The van der Waals surface area contributed by atoms with Crippen LogP contribution in [0.2, 0.25) is 0 Å². The lowest BCUT2D eigenvalue weighted by atomic mass is 9.99. The molecule has 96 valence electrons. The van der Waals surface area contributed by atoms with Gasteiger partial charge in [-0.3, -0.25) is 4.79 Å². The third kappa shape index (κ3) is 2.45. The van der Waals surface area contributed by atoms with Crippen LogP contribution < -0.4 is 10.6 Å². The van der Waals surface area contributed by atoms with Crippen molar-refractivity contribution in [1.29, 1.82) is 0 Å². The molecule has 0 aromatic heterocycles. The van der Waals surface area contributed by atoms with Crippen molar-refractivity contribution in [2.75, 3.05) is 0 Å². The van der Waals surface area contributed by atoms with E-state index in [0.717, 1.165) is 22.9 Å². The van der Waals surface area contributed by atoms with Gasteiger partial charge in [-0.2, -0.15) is 0 Å². The molecule has 2 fully saturated rings. The lowest BCUT2D eigenvalue weighted by Gasteiger charge is -2.29. The topological polar surface area (TPSA) is 41.1 Å². The minimum atomic E-state index is 0.0359. The molecule has 18 heavy (non-hydrogen) atoms. The Hall–Kier alpha value is -0.870. The Bertz CT molecular complexity index is 451. The van der Waals surface area contributed by atoms with E-state index in [2.05, 4.69) is 26.6 Å². The lowest BCUT2D eigenvalue weighted by molar-refractivity contribution is 0.0923. The van der Waals surface area contributed by atoms with Gasteiger partial charge in [-0.1, -0.05) is 12.1 Å². The number of amides is 1. The molecule has 0 spiro atoms. The van der Waals surface area contributed by atoms with Gasteiger partial charge >= 0.3 is 0 Å². The van der Waals surface area contributed by atoms with Gasteiger partial charge in [0, 0.05) is 22.6 Å². The van der Waals surface area contributed by atoms with Gasteiger partial charge < -0.3 is 10.6 Å². The van der Waals surface area contributed by atoms with E-state index in [4.69, 9.17) is 0 Å². The van der Waals surface area contributed by atoms with E-state index in [0.29, 0.717) is 18.1 Å². The Balaban J connectivity index is 1.66. The predicted octanol–water partition coefficient (Wildman–Crippen LogP) is 2.46. The second kappa shape index (κ2) is 5.02. The molecule has 2 aliphatic heterocycles. The highest BCUT2D eigenvalue weighted by Crippen LogP contribution is 2.27. The number of fused-ring (bicyclic) bond motifs is 2. The predicted molar refractivity (Wildman–Crippen MR) is 74.6 cm³/mol. The fourth-order valence-corrected chi connectivity index (χ4v) is 3.55. The average Bonchev–Trinajstić information content (AvgIpc) is 2.69. The number of rotatable bonds is 2. The molecule has 1 aromatic carbocycles. The summed E-state index contributed by atoms with van der Waals surface area (Å²) in [7, 11) is 0. The smallest absolute Gasteiger partial charge is 0.252 e. The zero-order valence-electron chi connectivity index (χ0n) is 10.2. The van der Waals surface area contributed by atoms with Crippen LogP contribution in [0.3, 0.4) is 0 Å². The summed E-state index contributed by atoms with van der Waals surface area (Å²) >= 11 is 3.42. The summed E-state index contributed by atoms with van der Waals surface area (Å²) in [6.07, 6.45) is 4.64. The fraction of sp³-hybridized carbons (Fsp3) is 0.500. The van der Waals surface area contributed by atoms with Crippen LogP contribution in [0, 0.1) is 0 Å². The zero-order chi connectivity index (χ0) is 12.5. The molecule has 3 nitrogen and oxygen atoms in total. The molecule has 2 heterocycles. The highest BCUT2D eigenvalue weighted by atomic mass is 79.9. The summed E-state index contributed by atoms with van der Waals surface area (Å²) in [6, 6.07) is 9.11. The molecule has 0 aliphatic carbocycles. The molecule has 0 saturated carbocycles. The number of hydrogen-bond donors (Lipinski definition) is 2. The molecule has 2 unspecified atom stereocenters. The maximum atomic E-state index is 12.2. The standard InChI is InChI=1S/C14H17BrN2O/c15-13-4-2-1-3-12(13)14(18)17-11-7-9-5-6-10(8-11)16-9/h1-4,9-11,16H,5-8H2,(H,17,18). The minimum absolute atomic E-state index is 0.0359. The maximum absolute atomic E-state index is 12.2. The Labute approximate surface area is 115 Å². The molecule has 2 atom stereocenters. The first-order valence-corrected chi connectivity index (χ1v) is 7.33. The number of carbonyl (C=O) groups is 1. The number of carbonyl (C=O) groups excluding carboxylic acids is 1. The summed E-state index contributed by atoms with van der Waals surface area (Å²) < 4.78 is 0.861. The molecule has 3 rings (SSSR count). The van der Waals surface area contributed by atoms with E-state index in [1.54, 1.807) is 0 Å². The lowest BCUT2D eigenvalue weighted by Crippen LogP contribution is -2.48. The molecule has 2 aliphatic rings. The van der Waals surface area contributed by atoms with E-state index < -0.39 is 0 Å². The Morgan fingerprint density at radius 2 is 1.89 bits per heavy atom. The summed E-state index contributed by atoms with van der Waals surface area (Å²) in [5, 5.41) is 6.75. The molecule has 1 amide bonds. The number of hydrogen-bond acceptors (Lipinski definition) is 2. The van der Waals surface area contributed by atoms with Crippen molar-refractivity contribution >= 4 is 21.8 Å². The number of halogens is 1. The SMILES string of the molecule is O=C(NC1CC2CCC(C1)N2)c1ccccc1Br. The first kappa shape index (κ1) is 12.2. The summed E-state index contributed by atoms with van der Waals surface area (Å²) in [5.41, 5.74) is 0.725. The molecule has 1 aromatic rings. The van der Waals surface area contributed by atoms with Crippen molar-refractivity contribution in [1.82, 2.24) is 10.6 Å². The Morgan fingerprint density at radius 3 is 2.56 bits per heavy atom. The molecule has 4 heteroatoms. The average molecular weight is 309 g/mol. The van der Waals surface area contributed by atoms with Crippen LogP contribution in [-0.4, -0.2) is 24.0 Å². The van der Waals surface area contributed by atoms with Crippen LogP contribution in [0.1, 0.15) is 36.0 Å². The number of nitrogens with one attached hydrogen (secondary N) is 2. The summed E-state index contributed by atoms with van der Waals surface area (Å²) in [4.78, 5) is 12.2. The number of benzene rings is 1. The second-order valence-corrected chi connectivity index (χ2v) is 6.11. The van der Waals surface area contributed by atoms with Crippen molar-refractivity contribution < 1.29 is 4.79 Å². The van der Waals surface area contributed by atoms with Gasteiger partial charge in [-0.25, -0.2) is 0 Å². The number of piperidine rings is 1. The Kier molecular flexibility index (Phi) is 3.39. The molecule has 2 N–H and O–H groups in total. The van der Waals surface area contributed by atoms with E-state index in [1.807, 2.05) is 24.3 Å². The van der Waals surface area contributed by atoms with Gasteiger partial charge in [0.15, 0.2) is 0 Å². The first-order chi connectivity index (χ1) is 8.72. The monoisotopic (exact) mass is 308 g/mol. The zero-order valence-corrected chi connectivity index (χ0v) is 11.7. The third-order valence-corrected chi connectivity index (χ3v) is 4.62. The quantitative estimate of drug-likeness (QED) is 0.881. The van der Waals surface area contributed by atoms with Gasteiger partial charge in [-0.15, -0.1) is 0 Å². The van der Waals surface area contributed by atoms with Gasteiger partial charge in [0.2, 0.25) is 0 Å². The molecule has 2 saturated heterocycles. The highest BCUT2D eigenvalue weighted by molar-refractivity contribution is 9.10. The molecule has 0 radical (unpaired) electrons. The van der Waals surface area contributed by atoms with Crippen LogP contribution in [0.25, 0.3) is 0 Å². The van der Waals surface area contributed by atoms with Crippen molar-refractivity contribution in [3.05, 3.63) is 34.3 Å². The summed E-state index contributed by atoms with van der Waals surface area (Å²) in [6.45, 7) is 0. The normalized spacial score (nSPS) is 30.2. The second-order valence-electron chi connectivity index (χ2n) is 5.26. The van der Waals surface area contributed by atoms with E-state index in [-0.39, 0.29) is 5.91 Å². The van der Waals surface area contributed by atoms with Gasteiger partial charge in [-0.05, 0) is 53.7 Å². The van der Waals surface area contributed by atoms with Crippen LogP contribution >= 0.6 is 15.9 Å². The van der Waals surface area contributed by atoms with Crippen molar-refractivity contribution in [3.63, 3.8) is 0 Å². The largest absolute Gasteiger partial charge is 0.349 e. The van der Waals surface area contributed by atoms with Crippen molar-refractivity contribution in [3.8, 4) is 0 Å². The molecular formula is C14H17BrN2O. The first-order valence-electron chi connectivity index (χ1n) is 6.54. The van der Waals surface area contributed by atoms with E-state index in [1.165, 1.54) is 12.8 Å². The molecular weight excluding hydrogens is 292 g/mol. The van der Waals surface area contributed by atoms with Crippen molar-refractivity contribution in [2.24, 2.45) is 0 Å². The van der Waals surface area contributed by atoms with Crippen LogP contribution in [0.15, 0.2) is 28.7 Å². The molecule has 2 bridgehead atoms. The third-order valence-electron chi connectivity index (χ3n) is 3.93.